The number of carbonyl (C=O) groups is 1. The van der Waals surface area contributed by atoms with Crippen LogP contribution in [0.2, 0.25) is 0 Å². The molecule has 6 heteroatoms. The van der Waals surface area contributed by atoms with E-state index in [9.17, 15) is 9.36 Å². The summed E-state index contributed by atoms with van der Waals surface area (Å²) >= 11 is 0. The lowest BCUT2D eigenvalue weighted by Crippen LogP contribution is -2.35. The highest BCUT2D eigenvalue weighted by atomic mass is 31.1. The third-order valence-corrected chi connectivity index (χ3v) is 1.49. The minimum atomic E-state index is -2.88. The lowest BCUT2D eigenvalue weighted by molar-refractivity contribution is -0.136. The SMILES string of the molecule is CC(C)[C@H](N)C(=O)O[P+](=O)O. The van der Waals surface area contributed by atoms with Gasteiger partial charge in [0.15, 0.2) is 0 Å². The Bertz CT molecular complexity index is 170. The average Bonchev–Trinajstić information content (AvgIpc) is 1.84. The lowest BCUT2D eigenvalue weighted by Gasteiger charge is -2.08. The molecule has 0 aliphatic rings. The molecule has 0 saturated heterocycles. The first-order chi connectivity index (χ1) is 4.95. The van der Waals surface area contributed by atoms with Gasteiger partial charge in [-0.15, -0.1) is 4.89 Å². The maximum atomic E-state index is 10.7. The molecule has 0 amide bonds. The Balaban J connectivity index is 3.93. The number of rotatable bonds is 3. The van der Waals surface area contributed by atoms with Crippen molar-refractivity contribution in [3.8, 4) is 0 Å². The van der Waals surface area contributed by atoms with Crippen LogP contribution < -0.4 is 5.73 Å². The quantitative estimate of drug-likeness (QED) is 0.604. The minimum Gasteiger partial charge on any atom is -0.318 e. The molecule has 64 valence electrons. The van der Waals surface area contributed by atoms with Gasteiger partial charge in [0.05, 0.1) is 0 Å². The number of carbonyl (C=O) groups excluding carboxylic acids is 1. The molecular formula is C5H11NO4P+. The van der Waals surface area contributed by atoms with Crippen molar-refractivity contribution in [2.45, 2.75) is 19.9 Å². The summed E-state index contributed by atoms with van der Waals surface area (Å²) in [5.41, 5.74) is 5.29. The van der Waals surface area contributed by atoms with Crippen molar-refractivity contribution in [1.82, 2.24) is 0 Å². The van der Waals surface area contributed by atoms with Crippen molar-refractivity contribution in [2.75, 3.05) is 0 Å². The first kappa shape index (κ1) is 10.5. The van der Waals surface area contributed by atoms with Crippen LogP contribution in [0, 0.1) is 5.92 Å². The molecule has 0 rings (SSSR count). The first-order valence-electron chi connectivity index (χ1n) is 3.08. The monoisotopic (exact) mass is 180 g/mol. The topological polar surface area (TPSA) is 89.6 Å². The van der Waals surface area contributed by atoms with Gasteiger partial charge in [-0.3, -0.25) is 0 Å². The minimum absolute atomic E-state index is 0.0996. The number of nitrogens with two attached hydrogens (primary N) is 1. The van der Waals surface area contributed by atoms with Gasteiger partial charge in [0, 0.05) is 4.57 Å². The summed E-state index contributed by atoms with van der Waals surface area (Å²) in [5, 5.41) is 0. The fourth-order valence-electron chi connectivity index (χ4n) is 0.410. The highest BCUT2D eigenvalue weighted by Gasteiger charge is 2.28. The second-order valence-electron chi connectivity index (χ2n) is 2.42. The summed E-state index contributed by atoms with van der Waals surface area (Å²) in [6.45, 7) is 3.44. The summed E-state index contributed by atoms with van der Waals surface area (Å²) in [7, 11) is -2.88. The molecule has 1 unspecified atom stereocenters. The molecule has 0 saturated carbocycles. The summed E-state index contributed by atoms with van der Waals surface area (Å²) in [6.07, 6.45) is 0. The predicted octanol–water partition coefficient (Wildman–Crippen LogP) is 0.163. The van der Waals surface area contributed by atoms with Crippen LogP contribution in [-0.2, 0) is 13.9 Å². The zero-order valence-corrected chi connectivity index (χ0v) is 7.25. The fourth-order valence-corrected chi connectivity index (χ4v) is 0.686. The molecule has 0 heterocycles. The molecule has 0 aromatic rings. The molecule has 0 aromatic heterocycles. The Morgan fingerprint density at radius 2 is 2.09 bits per heavy atom. The zero-order chi connectivity index (χ0) is 9.02. The third-order valence-electron chi connectivity index (χ3n) is 1.16. The maximum absolute atomic E-state index is 10.7. The van der Waals surface area contributed by atoms with E-state index >= 15 is 0 Å². The zero-order valence-electron chi connectivity index (χ0n) is 6.35. The second kappa shape index (κ2) is 4.38. The van der Waals surface area contributed by atoms with Gasteiger partial charge < -0.3 is 5.73 Å². The van der Waals surface area contributed by atoms with E-state index in [1.807, 2.05) is 0 Å². The van der Waals surface area contributed by atoms with Crippen LogP contribution in [0.15, 0.2) is 0 Å². The van der Waals surface area contributed by atoms with E-state index in [4.69, 9.17) is 10.6 Å². The Labute approximate surface area is 65.5 Å². The van der Waals surface area contributed by atoms with Crippen molar-refractivity contribution >= 4 is 14.2 Å². The number of hydrogen-bond donors (Lipinski definition) is 2. The van der Waals surface area contributed by atoms with Crippen molar-refractivity contribution < 1.29 is 18.8 Å². The van der Waals surface area contributed by atoms with Crippen molar-refractivity contribution in [1.29, 1.82) is 0 Å². The smallest absolute Gasteiger partial charge is 0.318 e. The molecule has 0 bridgehead atoms. The maximum Gasteiger partial charge on any atom is 0.750 e. The first-order valence-corrected chi connectivity index (χ1v) is 4.21. The van der Waals surface area contributed by atoms with E-state index < -0.39 is 20.3 Å². The Morgan fingerprint density at radius 1 is 1.64 bits per heavy atom. The molecule has 0 fully saturated rings. The summed E-state index contributed by atoms with van der Waals surface area (Å²) < 4.78 is 14.0. The van der Waals surface area contributed by atoms with Gasteiger partial charge in [-0.1, -0.05) is 13.8 Å². The van der Waals surface area contributed by atoms with Crippen LogP contribution in [-0.4, -0.2) is 16.9 Å². The largest absolute Gasteiger partial charge is 0.750 e. The fraction of sp³-hybridized carbons (Fsp3) is 0.800. The normalized spacial score (nSPS) is 14.5. The van der Waals surface area contributed by atoms with Crippen molar-refractivity contribution in [3.05, 3.63) is 0 Å². The van der Waals surface area contributed by atoms with Crippen LogP contribution in [0.1, 0.15) is 13.8 Å². The third kappa shape index (κ3) is 4.03. The highest BCUT2D eigenvalue weighted by molar-refractivity contribution is 7.32. The van der Waals surface area contributed by atoms with Gasteiger partial charge in [0.1, 0.15) is 6.04 Å². The van der Waals surface area contributed by atoms with Gasteiger partial charge in [-0.05, 0) is 5.92 Å². The van der Waals surface area contributed by atoms with Crippen LogP contribution in [0.25, 0.3) is 0 Å². The van der Waals surface area contributed by atoms with Crippen LogP contribution in [0.5, 0.6) is 0 Å². The Hall–Kier alpha value is -0.510. The number of hydrogen-bond acceptors (Lipinski definition) is 4. The van der Waals surface area contributed by atoms with Crippen molar-refractivity contribution in [3.63, 3.8) is 0 Å². The summed E-state index contributed by atoms with van der Waals surface area (Å²) in [5.74, 6) is -0.943. The average molecular weight is 180 g/mol. The molecule has 2 atom stereocenters. The highest BCUT2D eigenvalue weighted by Crippen LogP contribution is 2.16. The molecule has 0 aliphatic carbocycles. The summed E-state index contributed by atoms with van der Waals surface area (Å²) in [6, 6.07) is -0.832. The lowest BCUT2D eigenvalue weighted by atomic mass is 10.1. The van der Waals surface area contributed by atoms with Gasteiger partial charge in [0.2, 0.25) is 0 Å². The van der Waals surface area contributed by atoms with E-state index in [1.165, 1.54) is 0 Å². The van der Waals surface area contributed by atoms with Crippen LogP contribution >= 0.6 is 8.25 Å². The van der Waals surface area contributed by atoms with Crippen LogP contribution in [0.4, 0.5) is 0 Å². The molecule has 0 aromatic carbocycles. The second-order valence-corrected chi connectivity index (χ2v) is 3.08. The van der Waals surface area contributed by atoms with Gasteiger partial charge in [-0.2, -0.15) is 4.52 Å². The molecule has 11 heavy (non-hydrogen) atoms. The molecule has 0 radical (unpaired) electrons. The molecular weight excluding hydrogens is 169 g/mol. The standard InChI is InChI=1S/C5H10NO4P/c1-3(2)4(6)5(7)10-11(8)9/h3-4H,6H2,1-2H3/p+1/t4-/m0/s1. The Morgan fingerprint density at radius 3 is 2.36 bits per heavy atom. The van der Waals surface area contributed by atoms with E-state index in [0.717, 1.165) is 0 Å². The molecule has 0 spiro atoms. The van der Waals surface area contributed by atoms with E-state index in [2.05, 4.69) is 4.52 Å². The van der Waals surface area contributed by atoms with E-state index in [1.54, 1.807) is 13.8 Å². The molecule has 5 nitrogen and oxygen atoms in total. The van der Waals surface area contributed by atoms with Gasteiger partial charge in [0.25, 0.3) is 0 Å². The van der Waals surface area contributed by atoms with E-state index in [-0.39, 0.29) is 5.92 Å². The van der Waals surface area contributed by atoms with E-state index in [0.29, 0.717) is 0 Å². The predicted molar refractivity (Wildman–Crippen MR) is 38.7 cm³/mol. The summed E-state index contributed by atoms with van der Waals surface area (Å²) in [4.78, 5) is 18.9. The van der Waals surface area contributed by atoms with Crippen LogP contribution in [0.3, 0.4) is 0 Å². The molecule has 3 N–H and O–H groups in total. The van der Waals surface area contributed by atoms with Gasteiger partial charge >= 0.3 is 14.2 Å². The Kier molecular flexibility index (Phi) is 4.18. The molecule has 0 aliphatic heterocycles. The van der Waals surface area contributed by atoms with Crippen molar-refractivity contribution in [2.24, 2.45) is 11.7 Å². The van der Waals surface area contributed by atoms with Gasteiger partial charge in [-0.25, -0.2) is 4.79 Å².